The van der Waals surface area contributed by atoms with E-state index in [0.717, 1.165) is 16.8 Å². The Bertz CT molecular complexity index is 1320. The Labute approximate surface area is 184 Å². The van der Waals surface area contributed by atoms with E-state index in [-0.39, 0.29) is 11.6 Å². The standard InChI is InChI=1S/C24H20N6O2/c25-14-20(16-7-3-1-4-8-16)24-28-27-22-15-26-23(17-9-5-2-6-10-17)19-13-18(30(31)32)11-12-21(19)29(22)24/h1-13,20H,14-15,25H2. The zero-order chi connectivity index (χ0) is 22.1. The zero-order valence-corrected chi connectivity index (χ0v) is 17.1. The minimum absolute atomic E-state index is 0.00360. The molecule has 0 aliphatic carbocycles. The molecule has 0 saturated heterocycles. The number of aromatic nitrogens is 3. The van der Waals surface area contributed by atoms with Gasteiger partial charge in [0.2, 0.25) is 0 Å². The van der Waals surface area contributed by atoms with Gasteiger partial charge >= 0.3 is 0 Å². The molecule has 0 radical (unpaired) electrons. The van der Waals surface area contributed by atoms with Crippen LogP contribution in [0.4, 0.5) is 5.69 Å². The Balaban J connectivity index is 1.74. The fourth-order valence-electron chi connectivity index (χ4n) is 4.10. The number of nitrogens with zero attached hydrogens (tertiary/aromatic N) is 5. The van der Waals surface area contributed by atoms with Crippen LogP contribution >= 0.6 is 0 Å². The molecule has 8 nitrogen and oxygen atoms in total. The van der Waals surface area contributed by atoms with Crippen LogP contribution in [0.3, 0.4) is 0 Å². The Hall–Kier alpha value is -4.17. The van der Waals surface area contributed by atoms with E-state index in [1.165, 1.54) is 6.07 Å². The van der Waals surface area contributed by atoms with Crippen LogP contribution in [0, 0.1) is 10.1 Å². The molecular weight excluding hydrogens is 404 g/mol. The largest absolute Gasteiger partial charge is 0.329 e. The Morgan fingerprint density at radius 1 is 1.00 bits per heavy atom. The smallest absolute Gasteiger partial charge is 0.270 e. The maximum Gasteiger partial charge on any atom is 0.270 e. The van der Waals surface area contributed by atoms with Gasteiger partial charge in [-0.05, 0) is 11.6 Å². The summed E-state index contributed by atoms with van der Waals surface area (Å²) in [5.41, 5.74) is 10.2. The Kier molecular flexibility index (Phi) is 5.04. The molecule has 158 valence electrons. The van der Waals surface area contributed by atoms with Crippen LogP contribution in [0.1, 0.15) is 34.3 Å². The first kappa shape index (κ1) is 19.8. The molecule has 0 amide bonds. The van der Waals surface area contributed by atoms with Gasteiger partial charge in [-0.25, -0.2) is 0 Å². The van der Waals surface area contributed by atoms with Gasteiger partial charge in [0.15, 0.2) is 5.82 Å². The lowest BCUT2D eigenvalue weighted by Crippen LogP contribution is -2.19. The van der Waals surface area contributed by atoms with Crippen molar-refractivity contribution in [2.45, 2.75) is 12.5 Å². The van der Waals surface area contributed by atoms with Crippen LogP contribution in [-0.2, 0) is 6.54 Å². The average Bonchev–Trinajstić information content (AvgIpc) is 3.16. The van der Waals surface area contributed by atoms with Crippen LogP contribution in [0.5, 0.6) is 0 Å². The number of benzene rings is 3. The predicted octanol–water partition coefficient (Wildman–Crippen LogP) is 3.62. The lowest BCUT2D eigenvalue weighted by molar-refractivity contribution is -0.384. The molecule has 2 N–H and O–H groups in total. The summed E-state index contributed by atoms with van der Waals surface area (Å²) in [5, 5.41) is 20.4. The first-order chi connectivity index (χ1) is 15.7. The summed E-state index contributed by atoms with van der Waals surface area (Å²) >= 11 is 0. The van der Waals surface area contributed by atoms with E-state index in [9.17, 15) is 10.1 Å². The highest BCUT2D eigenvalue weighted by Crippen LogP contribution is 2.32. The van der Waals surface area contributed by atoms with E-state index < -0.39 is 4.92 Å². The molecule has 1 aromatic heterocycles. The van der Waals surface area contributed by atoms with Gasteiger partial charge < -0.3 is 5.73 Å². The maximum atomic E-state index is 11.5. The zero-order valence-electron chi connectivity index (χ0n) is 17.1. The van der Waals surface area contributed by atoms with Gasteiger partial charge in [0.05, 0.1) is 22.2 Å². The molecule has 5 rings (SSSR count). The molecule has 0 bridgehead atoms. The van der Waals surface area contributed by atoms with E-state index in [2.05, 4.69) is 10.2 Å². The number of rotatable bonds is 5. The molecule has 1 aliphatic rings. The highest BCUT2D eigenvalue weighted by Gasteiger charge is 2.28. The van der Waals surface area contributed by atoms with Crippen molar-refractivity contribution in [1.29, 1.82) is 0 Å². The van der Waals surface area contributed by atoms with Crippen molar-refractivity contribution in [1.82, 2.24) is 14.8 Å². The van der Waals surface area contributed by atoms with Crippen LogP contribution in [0.25, 0.3) is 5.69 Å². The third-order valence-electron chi connectivity index (χ3n) is 5.62. The maximum absolute atomic E-state index is 11.5. The molecular formula is C24H20N6O2. The minimum atomic E-state index is -0.394. The van der Waals surface area contributed by atoms with E-state index in [1.807, 2.05) is 65.2 Å². The first-order valence-corrected chi connectivity index (χ1v) is 10.3. The topological polar surface area (TPSA) is 112 Å². The van der Waals surface area contributed by atoms with Crippen LogP contribution < -0.4 is 5.73 Å². The number of hydrogen-bond donors (Lipinski definition) is 1. The highest BCUT2D eigenvalue weighted by molar-refractivity contribution is 6.15. The van der Waals surface area contributed by atoms with E-state index >= 15 is 0 Å². The van der Waals surface area contributed by atoms with Crippen molar-refractivity contribution >= 4 is 11.4 Å². The SMILES string of the molecule is NCC(c1ccccc1)c1nnc2n1-c1ccc([N+](=O)[O-])cc1C(c1ccccc1)=NC2. The van der Waals surface area contributed by atoms with E-state index in [4.69, 9.17) is 10.7 Å². The van der Waals surface area contributed by atoms with Gasteiger partial charge in [0, 0.05) is 29.8 Å². The second-order valence-electron chi connectivity index (χ2n) is 7.50. The molecule has 2 heterocycles. The van der Waals surface area contributed by atoms with E-state index in [1.54, 1.807) is 12.1 Å². The number of nitrogens with two attached hydrogens (primary N) is 1. The fourth-order valence-corrected chi connectivity index (χ4v) is 4.10. The van der Waals surface area contributed by atoms with Gasteiger partial charge in [-0.2, -0.15) is 0 Å². The molecule has 32 heavy (non-hydrogen) atoms. The normalized spacial score (nSPS) is 13.5. The molecule has 0 spiro atoms. The van der Waals surface area contributed by atoms with Gasteiger partial charge in [-0.1, -0.05) is 60.7 Å². The van der Waals surface area contributed by atoms with Crippen LogP contribution in [-0.4, -0.2) is 31.9 Å². The molecule has 1 unspecified atom stereocenters. The van der Waals surface area contributed by atoms with Crippen molar-refractivity contribution in [3.8, 4) is 5.69 Å². The van der Waals surface area contributed by atoms with Crippen LogP contribution in [0.15, 0.2) is 83.9 Å². The summed E-state index contributed by atoms with van der Waals surface area (Å²) in [5.74, 6) is 1.17. The van der Waals surface area contributed by atoms with Crippen molar-refractivity contribution in [2.24, 2.45) is 10.7 Å². The van der Waals surface area contributed by atoms with Crippen molar-refractivity contribution in [3.05, 3.63) is 117 Å². The molecule has 8 heteroatoms. The number of nitro benzene ring substituents is 1. The molecule has 3 aromatic carbocycles. The molecule has 4 aromatic rings. The monoisotopic (exact) mass is 424 g/mol. The summed E-state index contributed by atoms with van der Waals surface area (Å²) in [4.78, 5) is 15.9. The summed E-state index contributed by atoms with van der Waals surface area (Å²) in [7, 11) is 0. The van der Waals surface area contributed by atoms with Crippen molar-refractivity contribution < 1.29 is 4.92 Å². The minimum Gasteiger partial charge on any atom is -0.329 e. The van der Waals surface area contributed by atoms with Crippen molar-refractivity contribution in [3.63, 3.8) is 0 Å². The molecule has 0 saturated carbocycles. The highest BCUT2D eigenvalue weighted by atomic mass is 16.6. The molecule has 1 atom stereocenters. The summed E-state index contributed by atoms with van der Waals surface area (Å²) in [6, 6.07) is 24.4. The average molecular weight is 424 g/mol. The van der Waals surface area contributed by atoms with Gasteiger partial charge in [-0.3, -0.25) is 19.7 Å². The van der Waals surface area contributed by atoms with Gasteiger partial charge in [0.25, 0.3) is 5.69 Å². The predicted molar refractivity (Wildman–Crippen MR) is 121 cm³/mol. The third kappa shape index (κ3) is 3.36. The Morgan fingerprint density at radius 3 is 2.41 bits per heavy atom. The number of fused-ring (bicyclic) bond motifs is 3. The van der Waals surface area contributed by atoms with Crippen molar-refractivity contribution in [2.75, 3.05) is 6.54 Å². The summed E-state index contributed by atoms with van der Waals surface area (Å²) in [6.07, 6.45) is 0. The number of aliphatic imine (C=N–C) groups is 1. The Morgan fingerprint density at radius 2 is 1.72 bits per heavy atom. The summed E-state index contributed by atoms with van der Waals surface area (Å²) < 4.78 is 1.95. The second kappa shape index (κ2) is 8.16. The quantitative estimate of drug-likeness (QED) is 0.388. The third-order valence-corrected chi connectivity index (χ3v) is 5.62. The first-order valence-electron chi connectivity index (χ1n) is 10.3. The summed E-state index contributed by atoms with van der Waals surface area (Å²) in [6.45, 7) is 0.642. The van der Waals surface area contributed by atoms with Crippen LogP contribution in [0.2, 0.25) is 0 Å². The number of hydrogen-bond acceptors (Lipinski definition) is 6. The molecule has 0 fully saturated rings. The lowest BCUT2D eigenvalue weighted by Gasteiger charge is -2.18. The molecule has 1 aliphatic heterocycles. The number of non-ortho nitro benzene ring substituents is 1. The number of nitro groups is 1. The van der Waals surface area contributed by atoms with Gasteiger partial charge in [-0.15, -0.1) is 10.2 Å². The second-order valence-corrected chi connectivity index (χ2v) is 7.50. The van der Waals surface area contributed by atoms with Gasteiger partial charge in [0.1, 0.15) is 12.4 Å². The van der Waals surface area contributed by atoms with E-state index in [0.29, 0.717) is 36.0 Å². The fraction of sp³-hybridized carbons (Fsp3) is 0.125. The lowest BCUT2D eigenvalue weighted by atomic mass is 9.97.